The minimum Gasteiger partial charge on any atom is -0.350 e. The van der Waals surface area contributed by atoms with E-state index in [1.54, 1.807) is 24.3 Å². The molecule has 0 aromatic heterocycles. The first-order chi connectivity index (χ1) is 13.9. The lowest BCUT2D eigenvalue weighted by Crippen LogP contribution is -2.40. The average molecular weight is 420 g/mol. The second-order valence-electron chi connectivity index (χ2n) is 7.11. The van der Waals surface area contributed by atoms with E-state index in [1.165, 1.54) is 12.1 Å². The molecule has 0 radical (unpaired) electrons. The number of nitrogens with zero attached hydrogens (tertiary/aromatic N) is 1. The lowest BCUT2D eigenvalue weighted by Gasteiger charge is -2.22. The summed E-state index contributed by atoms with van der Waals surface area (Å²) in [4.78, 5) is 14.7. The van der Waals surface area contributed by atoms with Gasteiger partial charge < -0.3 is 5.32 Å². The summed E-state index contributed by atoms with van der Waals surface area (Å²) in [5.41, 5.74) is 1.26. The third-order valence-corrected chi connectivity index (χ3v) is 6.63. The monoisotopic (exact) mass is 419 g/mol. The SMILES string of the molecule is CCN1CCCC1CNC(=O)c1ccc(CNS(=O)(=O)c2ccc(F)cc2)cc1. The molecule has 1 aliphatic rings. The van der Waals surface area contributed by atoms with Crippen LogP contribution in [0.25, 0.3) is 0 Å². The number of carbonyl (C=O) groups is 1. The molecule has 29 heavy (non-hydrogen) atoms. The summed E-state index contributed by atoms with van der Waals surface area (Å²) in [5.74, 6) is -0.625. The Balaban J connectivity index is 1.53. The van der Waals surface area contributed by atoms with Gasteiger partial charge in [-0.2, -0.15) is 0 Å². The average Bonchev–Trinajstić information content (AvgIpc) is 3.19. The maximum atomic E-state index is 13.0. The molecule has 2 N–H and O–H groups in total. The Bertz CT molecular complexity index is 931. The summed E-state index contributed by atoms with van der Waals surface area (Å²) in [5, 5.41) is 2.98. The highest BCUT2D eigenvalue weighted by atomic mass is 32.2. The number of sulfonamides is 1. The predicted octanol–water partition coefficient (Wildman–Crippen LogP) is 2.52. The quantitative estimate of drug-likeness (QED) is 0.689. The number of likely N-dealkylation sites (tertiary alicyclic amines) is 1. The summed E-state index contributed by atoms with van der Waals surface area (Å²) in [6.45, 7) is 4.91. The molecule has 1 heterocycles. The van der Waals surface area contributed by atoms with Gasteiger partial charge in [0, 0.05) is 24.7 Å². The van der Waals surface area contributed by atoms with E-state index in [4.69, 9.17) is 0 Å². The third kappa shape index (κ3) is 5.62. The predicted molar refractivity (Wildman–Crippen MR) is 109 cm³/mol. The standard InChI is InChI=1S/C21H26FN3O3S/c1-2-25-13-3-4-19(25)15-23-21(26)17-7-5-16(6-8-17)14-24-29(27,28)20-11-9-18(22)10-12-20/h5-12,19,24H,2-4,13-15H2,1H3,(H,23,26). The molecule has 0 spiro atoms. The molecular weight excluding hydrogens is 393 g/mol. The van der Waals surface area contributed by atoms with Gasteiger partial charge in [0.1, 0.15) is 5.82 Å². The first-order valence-corrected chi connectivity index (χ1v) is 11.2. The minimum atomic E-state index is -3.73. The zero-order valence-corrected chi connectivity index (χ0v) is 17.2. The van der Waals surface area contributed by atoms with Crippen LogP contribution in [0.1, 0.15) is 35.7 Å². The molecule has 0 saturated carbocycles. The molecule has 1 amide bonds. The van der Waals surface area contributed by atoms with Gasteiger partial charge in [-0.05, 0) is 67.9 Å². The number of nitrogens with one attached hydrogen (secondary N) is 2. The molecule has 1 unspecified atom stereocenters. The highest BCUT2D eigenvalue weighted by Gasteiger charge is 2.23. The van der Waals surface area contributed by atoms with Gasteiger partial charge in [-0.3, -0.25) is 9.69 Å². The van der Waals surface area contributed by atoms with Crippen LogP contribution in [0.5, 0.6) is 0 Å². The normalized spacial score (nSPS) is 17.4. The molecule has 0 aliphatic carbocycles. The zero-order chi connectivity index (χ0) is 20.9. The van der Waals surface area contributed by atoms with Crippen LogP contribution in [0.4, 0.5) is 4.39 Å². The van der Waals surface area contributed by atoms with E-state index in [-0.39, 0.29) is 17.3 Å². The van der Waals surface area contributed by atoms with Gasteiger partial charge in [-0.25, -0.2) is 17.5 Å². The molecule has 8 heteroatoms. The molecule has 0 bridgehead atoms. The molecule has 2 aromatic rings. The fourth-order valence-corrected chi connectivity index (χ4v) is 4.52. The van der Waals surface area contributed by atoms with Gasteiger partial charge in [0.05, 0.1) is 4.90 Å². The van der Waals surface area contributed by atoms with Gasteiger partial charge in [0.2, 0.25) is 10.0 Å². The van der Waals surface area contributed by atoms with E-state index >= 15 is 0 Å². The molecule has 3 rings (SSSR count). The van der Waals surface area contributed by atoms with Crippen molar-refractivity contribution >= 4 is 15.9 Å². The first-order valence-electron chi connectivity index (χ1n) is 9.75. The van der Waals surface area contributed by atoms with Crippen LogP contribution in [-0.4, -0.2) is 44.9 Å². The smallest absolute Gasteiger partial charge is 0.251 e. The zero-order valence-electron chi connectivity index (χ0n) is 16.4. The van der Waals surface area contributed by atoms with Crippen LogP contribution in [0.2, 0.25) is 0 Å². The number of likely N-dealkylation sites (N-methyl/N-ethyl adjacent to an activating group) is 1. The van der Waals surface area contributed by atoms with E-state index in [9.17, 15) is 17.6 Å². The lowest BCUT2D eigenvalue weighted by molar-refractivity contribution is 0.0941. The van der Waals surface area contributed by atoms with Gasteiger partial charge in [0.25, 0.3) is 5.91 Å². The third-order valence-electron chi connectivity index (χ3n) is 5.21. The second-order valence-corrected chi connectivity index (χ2v) is 8.88. The van der Waals surface area contributed by atoms with Crippen molar-refractivity contribution in [1.29, 1.82) is 0 Å². The van der Waals surface area contributed by atoms with Crippen LogP contribution in [0.15, 0.2) is 53.4 Å². The fraction of sp³-hybridized carbons (Fsp3) is 0.381. The maximum Gasteiger partial charge on any atom is 0.251 e. The number of rotatable bonds is 8. The Morgan fingerprint density at radius 1 is 1.14 bits per heavy atom. The highest BCUT2D eigenvalue weighted by Crippen LogP contribution is 2.16. The number of carbonyl (C=O) groups excluding carboxylic acids is 1. The Morgan fingerprint density at radius 2 is 1.83 bits per heavy atom. The molecular formula is C21H26FN3O3S. The molecule has 1 saturated heterocycles. The second kappa shape index (κ2) is 9.47. The van der Waals surface area contributed by atoms with Crippen molar-refractivity contribution in [2.75, 3.05) is 19.6 Å². The summed E-state index contributed by atoms with van der Waals surface area (Å²) >= 11 is 0. The van der Waals surface area contributed by atoms with E-state index in [2.05, 4.69) is 21.9 Å². The minimum absolute atomic E-state index is 0.00272. The number of hydrogen-bond donors (Lipinski definition) is 2. The maximum absolute atomic E-state index is 13.0. The van der Waals surface area contributed by atoms with E-state index in [0.29, 0.717) is 18.2 Å². The number of amides is 1. The van der Waals surface area contributed by atoms with Crippen LogP contribution < -0.4 is 10.0 Å². The Morgan fingerprint density at radius 3 is 2.48 bits per heavy atom. The van der Waals surface area contributed by atoms with Crippen molar-refractivity contribution in [3.05, 3.63) is 65.5 Å². The lowest BCUT2D eigenvalue weighted by atomic mass is 10.1. The van der Waals surface area contributed by atoms with E-state index in [0.717, 1.165) is 43.6 Å². The number of hydrogen-bond acceptors (Lipinski definition) is 4. The molecule has 6 nitrogen and oxygen atoms in total. The molecule has 1 fully saturated rings. The molecule has 2 aromatic carbocycles. The summed E-state index contributed by atoms with van der Waals surface area (Å²) < 4.78 is 39.9. The van der Waals surface area contributed by atoms with Crippen molar-refractivity contribution in [3.63, 3.8) is 0 Å². The Kier molecular flexibility index (Phi) is 7.00. The van der Waals surface area contributed by atoms with Crippen molar-refractivity contribution in [1.82, 2.24) is 14.9 Å². The van der Waals surface area contributed by atoms with Gasteiger partial charge in [0.15, 0.2) is 0 Å². The Labute approximate surface area is 171 Å². The topological polar surface area (TPSA) is 78.5 Å². The summed E-state index contributed by atoms with van der Waals surface area (Å²) in [6.07, 6.45) is 2.26. The van der Waals surface area contributed by atoms with Gasteiger partial charge >= 0.3 is 0 Å². The van der Waals surface area contributed by atoms with Crippen LogP contribution in [0.3, 0.4) is 0 Å². The number of benzene rings is 2. The van der Waals surface area contributed by atoms with Crippen LogP contribution in [-0.2, 0) is 16.6 Å². The van der Waals surface area contributed by atoms with Crippen LogP contribution in [0, 0.1) is 5.82 Å². The highest BCUT2D eigenvalue weighted by molar-refractivity contribution is 7.89. The van der Waals surface area contributed by atoms with E-state index < -0.39 is 15.8 Å². The van der Waals surface area contributed by atoms with Crippen molar-refractivity contribution < 1.29 is 17.6 Å². The Hall–Kier alpha value is -2.29. The van der Waals surface area contributed by atoms with Gasteiger partial charge in [-0.1, -0.05) is 19.1 Å². The number of halogens is 1. The van der Waals surface area contributed by atoms with Gasteiger partial charge in [-0.15, -0.1) is 0 Å². The van der Waals surface area contributed by atoms with Crippen LogP contribution >= 0.6 is 0 Å². The summed E-state index contributed by atoms with van der Waals surface area (Å²) in [7, 11) is -3.73. The molecule has 156 valence electrons. The summed E-state index contributed by atoms with van der Waals surface area (Å²) in [6, 6.07) is 11.8. The van der Waals surface area contributed by atoms with Crippen molar-refractivity contribution in [2.24, 2.45) is 0 Å². The van der Waals surface area contributed by atoms with Crippen molar-refractivity contribution in [2.45, 2.75) is 37.2 Å². The molecule has 1 aliphatic heterocycles. The molecule has 1 atom stereocenters. The first kappa shape index (κ1) is 21.4. The van der Waals surface area contributed by atoms with Crippen molar-refractivity contribution in [3.8, 4) is 0 Å². The largest absolute Gasteiger partial charge is 0.350 e. The fourth-order valence-electron chi connectivity index (χ4n) is 3.50. The van der Waals surface area contributed by atoms with E-state index in [1.807, 2.05) is 0 Å².